The van der Waals surface area contributed by atoms with Gasteiger partial charge in [-0.3, -0.25) is 0 Å². The Labute approximate surface area is 196 Å². The van der Waals surface area contributed by atoms with E-state index in [1.54, 1.807) is 13.2 Å². The van der Waals surface area contributed by atoms with Crippen LogP contribution >= 0.6 is 35.0 Å². The number of benzene rings is 2. The van der Waals surface area contributed by atoms with Crippen LogP contribution in [0.5, 0.6) is 5.88 Å². The highest BCUT2D eigenvalue weighted by Gasteiger charge is 2.40. The molecule has 1 spiro atoms. The Morgan fingerprint density at radius 3 is 2.35 bits per heavy atom. The van der Waals surface area contributed by atoms with E-state index in [0.29, 0.717) is 21.3 Å². The maximum absolute atomic E-state index is 6.34. The van der Waals surface area contributed by atoms with Gasteiger partial charge in [0.25, 0.3) is 0 Å². The largest absolute Gasteiger partial charge is 0.480 e. The summed E-state index contributed by atoms with van der Waals surface area (Å²) in [6.07, 6.45) is 6.51. The van der Waals surface area contributed by atoms with E-state index in [1.165, 1.54) is 35.7 Å². The van der Waals surface area contributed by atoms with Crippen LogP contribution in [-0.2, 0) is 12.8 Å². The maximum Gasteiger partial charge on any atom is 0.232 e. The summed E-state index contributed by atoms with van der Waals surface area (Å²) < 4.78 is 5.58. The molecule has 0 unspecified atom stereocenters. The highest BCUT2D eigenvalue weighted by molar-refractivity contribution is 7.99. The Kier molecular flexibility index (Phi) is 5.76. The predicted octanol–water partition coefficient (Wildman–Crippen LogP) is 6.33. The molecule has 1 aliphatic heterocycles. The van der Waals surface area contributed by atoms with Gasteiger partial charge >= 0.3 is 0 Å². The van der Waals surface area contributed by atoms with Crippen LogP contribution in [0.3, 0.4) is 0 Å². The molecule has 0 bridgehead atoms. The average Bonchev–Trinajstić information content (AvgIpc) is 3.15. The topological polar surface area (TPSA) is 38.2 Å². The van der Waals surface area contributed by atoms with Gasteiger partial charge in [-0.1, -0.05) is 65.3 Å². The number of rotatable bonds is 4. The molecule has 0 radical (unpaired) electrons. The lowest BCUT2D eigenvalue weighted by Gasteiger charge is -2.39. The Hall–Kier alpha value is -1.95. The fraction of sp³-hybridized carbons (Fsp3) is 0.333. The normalized spacial score (nSPS) is 17.1. The molecule has 4 nitrogen and oxygen atoms in total. The van der Waals surface area contributed by atoms with Gasteiger partial charge in [0.1, 0.15) is 0 Å². The third kappa shape index (κ3) is 4.11. The van der Waals surface area contributed by atoms with E-state index >= 15 is 0 Å². The van der Waals surface area contributed by atoms with Crippen LogP contribution in [-0.4, -0.2) is 30.2 Å². The van der Waals surface area contributed by atoms with Crippen LogP contribution in [0.1, 0.15) is 24.0 Å². The predicted molar refractivity (Wildman–Crippen MR) is 127 cm³/mol. The van der Waals surface area contributed by atoms with E-state index in [4.69, 9.17) is 32.9 Å². The number of ether oxygens (including phenoxy) is 1. The fourth-order valence-electron chi connectivity index (χ4n) is 4.70. The minimum atomic E-state index is 0.392. The smallest absolute Gasteiger partial charge is 0.232 e. The van der Waals surface area contributed by atoms with Crippen LogP contribution in [0.4, 0.5) is 5.95 Å². The summed E-state index contributed by atoms with van der Waals surface area (Å²) in [5.41, 5.74) is 3.44. The first-order valence-electron chi connectivity index (χ1n) is 10.4. The molecule has 2 heterocycles. The van der Waals surface area contributed by atoms with Gasteiger partial charge in [0.15, 0.2) is 0 Å². The summed E-state index contributed by atoms with van der Waals surface area (Å²) in [4.78, 5) is 13.3. The third-order valence-corrected chi connectivity index (χ3v) is 8.39. The van der Waals surface area contributed by atoms with Gasteiger partial charge in [-0.25, -0.2) is 4.98 Å². The Morgan fingerprint density at radius 2 is 1.68 bits per heavy atom. The summed E-state index contributed by atoms with van der Waals surface area (Å²) in [5.74, 6) is 1.28. The molecule has 0 atom stereocenters. The Balaban J connectivity index is 1.30. The highest BCUT2D eigenvalue weighted by atomic mass is 35.5. The van der Waals surface area contributed by atoms with E-state index < -0.39 is 0 Å². The lowest BCUT2D eigenvalue weighted by Crippen LogP contribution is -2.41. The molecular weight excluding hydrogens is 449 g/mol. The fourth-order valence-corrected chi connectivity index (χ4v) is 6.08. The van der Waals surface area contributed by atoms with Gasteiger partial charge in [0.2, 0.25) is 11.8 Å². The molecule has 7 heteroatoms. The number of nitrogens with zero attached hydrogens (tertiary/aromatic N) is 3. The van der Waals surface area contributed by atoms with Crippen LogP contribution in [0.2, 0.25) is 10.0 Å². The second-order valence-corrected chi connectivity index (χ2v) is 10.2. The van der Waals surface area contributed by atoms with Crippen molar-refractivity contribution in [1.82, 2.24) is 9.97 Å². The summed E-state index contributed by atoms with van der Waals surface area (Å²) in [6, 6.07) is 14.5. The van der Waals surface area contributed by atoms with E-state index in [-0.39, 0.29) is 0 Å². The Morgan fingerprint density at radius 1 is 0.968 bits per heavy atom. The molecule has 0 N–H and O–H groups in total. The van der Waals surface area contributed by atoms with Gasteiger partial charge in [0, 0.05) is 18.0 Å². The molecule has 1 fully saturated rings. The molecule has 160 valence electrons. The number of anilines is 1. The molecule has 0 saturated carbocycles. The van der Waals surface area contributed by atoms with E-state index in [9.17, 15) is 0 Å². The van der Waals surface area contributed by atoms with Crippen LogP contribution in [0.25, 0.3) is 0 Å². The number of piperidine rings is 1. The standard InChI is InChI=1S/C24H23Cl2N3OS/c1-30-22-20(31-19-8-4-7-18(25)21(19)26)15-27-23(28-22)29-11-9-24(10-12-29)13-16-5-2-3-6-17(16)14-24/h2-8,15H,9-14H2,1H3. The van der Waals surface area contributed by atoms with Gasteiger partial charge in [-0.2, -0.15) is 4.98 Å². The van der Waals surface area contributed by atoms with Crippen LogP contribution in [0.15, 0.2) is 58.5 Å². The zero-order valence-corrected chi connectivity index (χ0v) is 19.6. The van der Waals surface area contributed by atoms with Crippen LogP contribution in [0, 0.1) is 5.41 Å². The summed E-state index contributed by atoms with van der Waals surface area (Å²) in [7, 11) is 1.64. The van der Waals surface area contributed by atoms with Crippen molar-refractivity contribution in [3.8, 4) is 5.88 Å². The zero-order chi connectivity index (χ0) is 21.4. The number of aromatic nitrogens is 2. The minimum absolute atomic E-state index is 0.392. The first-order chi connectivity index (χ1) is 15.1. The van der Waals surface area contributed by atoms with Gasteiger partial charge in [-0.05, 0) is 54.4 Å². The summed E-state index contributed by atoms with van der Waals surface area (Å²) in [5, 5.41) is 1.05. The van der Waals surface area contributed by atoms with E-state index in [1.807, 2.05) is 18.3 Å². The molecule has 1 aliphatic carbocycles. The highest BCUT2D eigenvalue weighted by Crippen LogP contribution is 2.45. The quantitative estimate of drug-likeness (QED) is 0.444. The third-order valence-electron chi connectivity index (χ3n) is 6.40. The van der Waals surface area contributed by atoms with Crippen molar-refractivity contribution >= 4 is 40.9 Å². The van der Waals surface area contributed by atoms with Crippen molar-refractivity contribution in [2.75, 3.05) is 25.1 Å². The molecule has 2 aliphatic rings. The first kappa shape index (κ1) is 20.9. The van der Waals surface area contributed by atoms with Crippen molar-refractivity contribution in [2.24, 2.45) is 5.41 Å². The maximum atomic E-state index is 6.34. The molecular formula is C24H23Cl2N3OS. The number of hydrogen-bond acceptors (Lipinski definition) is 5. The van der Waals surface area contributed by atoms with Gasteiger partial charge < -0.3 is 9.64 Å². The SMILES string of the molecule is COc1nc(N2CCC3(CC2)Cc2ccccc2C3)ncc1Sc1cccc(Cl)c1Cl. The molecule has 2 aromatic carbocycles. The van der Waals surface area contributed by atoms with E-state index in [2.05, 4.69) is 34.1 Å². The zero-order valence-electron chi connectivity index (χ0n) is 17.3. The second-order valence-electron chi connectivity index (χ2n) is 8.31. The number of hydrogen-bond donors (Lipinski definition) is 0. The lowest BCUT2D eigenvalue weighted by atomic mass is 9.76. The van der Waals surface area contributed by atoms with Crippen molar-refractivity contribution in [3.63, 3.8) is 0 Å². The molecule has 31 heavy (non-hydrogen) atoms. The van der Waals surface area contributed by atoms with Gasteiger partial charge in [-0.15, -0.1) is 0 Å². The number of methoxy groups -OCH3 is 1. The molecule has 3 aromatic rings. The van der Waals surface area contributed by atoms with Crippen molar-refractivity contribution in [3.05, 3.63) is 69.8 Å². The van der Waals surface area contributed by atoms with Crippen molar-refractivity contribution < 1.29 is 4.74 Å². The lowest BCUT2D eigenvalue weighted by molar-refractivity contribution is 0.231. The first-order valence-corrected chi connectivity index (χ1v) is 12.0. The Bertz CT molecular complexity index is 1090. The number of halogens is 2. The number of fused-ring (bicyclic) bond motifs is 1. The summed E-state index contributed by atoms with van der Waals surface area (Å²) >= 11 is 13.9. The monoisotopic (exact) mass is 471 g/mol. The van der Waals surface area contributed by atoms with E-state index in [0.717, 1.165) is 41.7 Å². The summed E-state index contributed by atoms with van der Waals surface area (Å²) in [6.45, 7) is 1.92. The van der Waals surface area contributed by atoms with Crippen LogP contribution < -0.4 is 9.64 Å². The van der Waals surface area contributed by atoms with Crippen molar-refractivity contribution in [1.29, 1.82) is 0 Å². The second kappa shape index (κ2) is 8.53. The average molecular weight is 472 g/mol. The van der Waals surface area contributed by atoms with Crippen molar-refractivity contribution in [2.45, 2.75) is 35.5 Å². The molecule has 1 aromatic heterocycles. The molecule has 1 saturated heterocycles. The minimum Gasteiger partial charge on any atom is -0.480 e. The van der Waals surface area contributed by atoms with Gasteiger partial charge in [0.05, 0.1) is 28.2 Å². The molecule has 0 amide bonds. The molecule has 5 rings (SSSR count).